The first kappa shape index (κ1) is 13.8. The molecule has 2 saturated carbocycles. The van der Waals surface area contributed by atoms with Gasteiger partial charge in [0, 0.05) is 31.6 Å². The Hall–Kier alpha value is -0.610. The molecule has 18 heavy (non-hydrogen) atoms. The fourth-order valence-corrected chi connectivity index (χ4v) is 2.43. The summed E-state index contributed by atoms with van der Waals surface area (Å²) in [5.74, 6) is 1.04. The Bertz CT molecular complexity index is 274. The molecular weight excluding hydrogens is 226 g/mol. The lowest BCUT2D eigenvalue weighted by Crippen LogP contribution is -2.45. The van der Waals surface area contributed by atoms with Gasteiger partial charge >= 0.3 is 0 Å². The van der Waals surface area contributed by atoms with E-state index in [1.54, 1.807) is 0 Å². The van der Waals surface area contributed by atoms with Gasteiger partial charge in [0.25, 0.3) is 0 Å². The molecule has 1 atom stereocenters. The summed E-state index contributed by atoms with van der Waals surface area (Å²) >= 11 is 0. The van der Waals surface area contributed by atoms with E-state index in [1.807, 2.05) is 0 Å². The number of amides is 1. The highest BCUT2D eigenvalue weighted by Gasteiger charge is 2.29. The summed E-state index contributed by atoms with van der Waals surface area (Å²) in [6.45, 7) is 4.98. The van der Waals surface area contributed by atoms with Crippen LogP contribution in [0, 0.1) is 5.92 Å². The Kier molecular flexibility index (Phi) is 5.01. The number of nitrogens with zero attached hydrogens (tertiary/aromatic N) is 1. The maximum atomic E-state index is 11.9. The zero-order valence-electron chi connectivity index (χ0n) is 11.5. The van der Waals surface area contributed by atoms with Crippen molar-refractivity contribution in [1.82, 2.24) is 10.2 Å². The van der Waals surface area contributed by atoms with Gasteiger partial charge in [-0.3, -0.25) is 9.69 Å². The topological polar surface area (TPSA) is 58.4 Å². The van der Waals surface area contributed by atoms with E-state index in [0.29, 0.717) is 19.0 Å². The van der Waals surface area contributed by atoms with Crippen LogP contribution in [0.3, 0.4) is 0 Å². The van der Waals surface area contributed by atoms with Gasteiger partial charge in [-0.05, 0) is 44.6 Å². The molecule has 0 spiro atoms. The molecule has 4 heteroatoms. The summed E-state index contributed by atoms with van der Waals surface area (Å²) in [4.78, 5) is 14.3. The SMILES string of the molecule is CCCN(CC1CC1)C(CN)CC(=O)NC1CC1. The summed E-state index contributed by atoms with van der Waals surface area (Å²) in [6, 6.07) is 0.684. The van der Waals surface area contributed by atoms with Crippen LogP contribution in [-0.4, -0.2) is 42.5 Å². The van der Waals surface area contributed by atoms with Crippen molar-refractivity contribution in [3.63, 3.8) is 0 Å². The standard InChI is InChI=1S/C14H27N3O/c1-2-7-17(10-11-3-4-11)13(9-15)8-14(18)16-12-5-6-12/h11-13H,2-10,15H2,1H3,(H,16,18). The van der Waals surface area contributed by atoms with Crippen molar-refractivity contribution >= 4 is 5.91 Å². The van der Waals surface area contributed by atoms with Gasteiger partial charge in [0.2, 0.25) is 5.91 Å². The van der Waals surface area contributed by atoms with E-state index < -0.39 is 0 Å². The highest BCUT2D eigenvalue weighted by atomic mass is 16.1. The zero-order valence-corrected chi connectivity index (χ0v) is 11.5. The lowest BCUT2D eigenvalue weighted by atomic mass is 10.1. The molecule has 0 heterocycles. The summed E-state index contributed by atoms with van der Waals surface area (Å²) in [6.07, 6.45) is 6.71. The summed E-state index contributed by atoms with van der Waals surface area (Å²) in [5, 5.41) is 3.06. The molecule has 2 rings (SSSR count). The van der Waals surface area contributed by atoms with E-state index in [1.165, 1.54) is 12.8 Å². The smallest absolute Gasteiger partial charge is 0.221 e. The number of nitrogens with one attached hydrogen (secondary N) is 1. The van der Waals surface area contributed by atoms with Gasteiger partial charge in [0.1, 0.15) is 0 Å². The van der Waals surface area contributed by atoms with Gasteiger partial charge in [0.05, 0.1) is 0 Å². The second-order valence-electron chi connectivity index (χ2n) is 5.87. The van der Waals surface area contributed by atoms with Crippen LogP contribution in [0.1, 0.15) is 45.4 Å². The van der Waals surface area contributed by atoms with Gasteiger partial charge < -0.3 is 11.1 Å². The molecule has 1 unspecified atom stereocenters. The summed E-state index contributed by atoms with van der Waals surface area (Å²) in [5.41, 5.74) is 5.87. The van der Waals surface area contributed by atoms with Crippen LogP contribution in [0.25, 0.3) is 0 Å². The van der Waals surface area contributed by atoms with Crippen LogP contribution >= 0.6 is 0 Å². The average Bonchev–Trinajstić information content (AvgIpc) is 3.20. The van der Waals surface area contributed by atoms with Gasteiger partial charge in [0.15, 0.2) is 0 Å². The number of carbonyl (C=O) groups excluding carboxylic acids is 1. The first-order valence-electron chi connectivity index (χ1n) is 7.46. The third-order valence-electron chi connectivity index (χ3n) is 3.85. The summed E-state index contributed by atoms with van der Waals surface area (Å²) < 4.78 is 0. The molecule has 0 aliphatic heterocycles. The molecule has 2 aliphatic rings. The molecule has 3 N–H and O–H groups in total. The van der Waals surface area contributed by atoms with Crippen LogP contribution in [0.5, 0.6) is 0 Å². The van der Waals surface area contributed by atoms with Crippen molar-refractivity contribution < 1.29 is 4.79 Å². The van der Waals surface area contributed by atoms with Crippen LogP contribution in [0.2, 0.25) is 0 Å². The third-order valence-corrected chi connectivity index (χ3v) is 3.85. The fraction of sp³-hybridized carbons (Fsp3) is 0.929. The molecule has 0 aromatic carbocycles. The number of carbonyl (C=O) groups is 1. The monoisotopic (exact) mass is 253 g/mol. The largest absolute Gasteiger partial charge is 0.353 e. The van der Waals surface area contributed by atoms with Crippen molar-refractivity contribution in [3.05, 3.63) is 0 Å². The Morgan fingerprint density at radius 1 is 1.39 bits per heavy atom. The maximum absolute atomic E-state index is 11.9. The van der Waals surface area contributed by atoms with E-state index in [4.69, 9.17) is 5.73 Å². The van der Waals surface area contributed by atoms with Gasteiger partial charge in [-0.15, -0.1) is 0 Å². The first-order valence-corrected chi connectivity index (χ1v) is 7.46. The van der Waals surface area contributed by atoms with Gasteiger partial charge in [-0.2, -0.15) is 0 Å². The van der Waals surface area contributed by atoms with Crippen molar-refractivity contribution in [2.75, 3.05) is 19.6 Å². The van der Waals surface area contributed by atoms with Crippen LogP contribution < -0.4 is 11.1 Å². The van der Waals surface area contributed by atoms with Crippen LogP contribution in [0.15, 0.2) is 0 Å². The molecule has 0 saturated heterocycles. The number of rotatable bonds is 9. The van der Waals surface area contributed by atoms with Gasteiger partial charge in [-0.25, -0.2) is 0 Å². The first-order chi connectivity index (χ1) is 8.72. The van der Waals surface area contributed by atoms with Gasteiger partial charge in [-0.1, -0.05) is 6.92 Å². The fourth-order valence-electron chi connectivity index (χ4n) is 2.43. The lowest BCUT2D eigenvalue weighted by molar-refractivity contribution is -0.122. The molecule has 0 bridgehead atoms. The molecule has 4 nitrogen and oxygen atoms in total. The van der Waals surface area contributed by atoms with Crippen molar-refractivity contribution in [3.8, 4) is 0 Å². The van der Waals surface area contributed by atoms with Crippen molar-refractivity contribution in [2.24, 2.45) is 11.7 Å². The molecule has 0 aromatic heterocycles. The summed E-state index contributed by atoms with van der Waals surface area (Å²) in [7, 11) is 0. The van der Waals surface area contributed by atoms with Crippen LogP contribution in [-0.2, 0) is 4.79 Å². The highest BCUT2D eigenvalue weighted by molar-refractivity contribution is 5.77. The van der Waals surface area contributed by atoms with E-state index in [-0.39, 0.29) is 11.9 Å². The minimum Gasteiger partial charge on any atom is -0.353 e. The molecule has 1 amide bonds. The maximum Gasteiger partial charge on any atom is 0.221 e. The Morgan fingerprint density at radius 3 is 2.61 bits per heavy atom. The lowest BCUT2D eigenvalue weighted by Gasteiger charge is -2.30. The normalized spacial score (nSPS) is 21.1. The number of hydrogen-bond acceptors (Lipinski definition) is 3. The Labute approximate surface area is 110 Å². The quantitative estimate of drug-likeness (QED) is 0.647. The highest BCUT2D eigenvalue weighted by Crippen LogP contribution is 2.30. The minimum absolute atomic E-state index is 0.185. The number of nitrogens with two attached hydrogens (primary N) is 1. The Morgan fingerprint density at radius 2 is 2.11 bits per heavy atom. The number of hydrogen-bond donors (Lipinski definition) is 2. The predicted octanol–water partition coefficient (Wildman–Crippen LogP) is 1.10. The second-order valence-corrected chi connectivity index (χ2v) is 5.87. The molecule has 2 fully saturated rings. The van der Waals surface area contributed by atoms with E-state index in [0.717, 1.165) is 38.3 Å². The zero-order chi connectivity index (χ0) is 13.0. The van der Waals surface area contributed by atoms with Crippen molar-refractivity contribution in [1.29, 1.82) is 0 Å². The van der Waals surface area contributed by atoms with Crippen LogP contribution in [0.4, 0.5) is 0 Å². The van der Waals surface area contributed by atoms with E-state index in [9.17, 15) is 4.79 Å². The Balaban J connectivity index is 1.79. The third kappa shape index (κ3) is 4.58. The molecule has 104 valence electrons. The molecular formula is C14H27N3O. The molecule has 2 aliphatic carbocycles. The minimum atomic E-state index is 0.185. The van der Waals surface area contributed by atoms with E-state index >= 15 is 0 Å². The molecule has 0 radical (unpaired) electrons. The molecule has 0 aromatic rings. The van der Waals surface area contributed by atoms with Crippen molar-refractivity contribution in [2.45, 2.75) is 57.5 Å². The second kappa shape index (κ2) is 6.53. The van der Waals surface area contributed by atoms with E-state index in [2.05, 4.69) is 17.1 Å². The average molecular weight is 253 g/mol. The predicted molar refractivity (Wildman–Crippen MR) is 73.2 cm³/mol.